The van der Waals surface area contributed by atoms with Gasteiger partial charge in [0.15, 0.2) is 29.4 Å². The molecule has 0 aliphatic carbocycles. The highest BCUT2D eigenvalue weighted by molar-refractivity contribution is 6.02. The molecule has 2 aromatic rings. The van der Waals surface area contributed by atoms with E-state index in [4.69, 9.17) is 9.57 Å². The summed E-state index contributed by atoms with van der Waals surface area (Å²) in [4.78, 5) is 14.3. The van der Waals surface area contributed by atoms with Gasteiger partial charge in [-0.3, -0.25) is 4.99 Å². The summed E-state index contributed by atoms with van der Waals surface area (Å²) in [6, 6.07) is 8.24. The average molecular weight is 485 g/mol. The van der Waals surface area contributed by atoms with Crippen LogP contribution in [0, 0.1) is 17.5 Å². The first-order valence-electron chi connectivity index (χ1n) is 11.7. The zero-order valence-corrected chi connectivity index (χ0v) is 19.7. The van der Waals surface area contributed by atoms with Gasteiger partial charge in [0.1, 0.15) is 5.75 Å². The van der Waals surface area contributed by atoms with Crippen LogP contribution in [0.5, 0.6) is 5.75 Å². The van der Waals surface area contributed by atoms with Crippen LogP contribution in [0.4, 0.5) is 18.9 Å². The number of amidine groups is 1. The normalized spacial score (nSPS) is 23.1. The lowest BCUT2D eigenvalue weighted by Gasteiger charge is -2.30. The Bertz CT molecular complexity index is 1190. The molecule has 6 nitrogen and oxygen atoms in total. The second-order valence-corrected chi connectivity index (χ2v) is 9.05. The predicted octanol–water partition coefficient (Wildman–Crippen LogP) is 5.30. The van der Waals surface area contributed by atoms with E-state index < -0.39 is 23.6 Å². The maximum Gasteiger partial charge on any atom is 0.194 e. The van der Waals surface area contributed by atoms with Gasteiger partial charge in [0.2, 0.25) is 0 Å². The minimum atomic E-state index is -1.48. The number of aliphatic imine (C=N–C) groups is 1. The van der Waals surface area contributed by atoms with Crippen LogP contribution in [0.1, 0.15) is 43.4 Å². The molecule has 35 heavy (non-hydrogen) atoms. The molecule has 5 rings (SSSR count). The molecular weight excluding hydrogens is 457 g/mol. The summed E-state index contributed by atoms with van der Waals surface area (Å²) < 4.78 is 46.6. The molecule has 0 aromatic heterocycles. The molecule has 9 heteroatoms. The van der Waals surface area contributed by atoms with Crippen LogP contribution in [0.25, 0.3) is 6.08 Å². The van der Waals surface area contributed by atoms with E-state index >= 15 is 0 Å². The topological polar surface area (TPSA) is 49.7 Å². The Kier molecular flexibility index (Phi) is 6.40. The number of hydrogen-bond acceptors (Lipinski definition) is 6. The van der Waals surface area contributed by atoms with Crippen molar-refractivity contribution in [1.82, 2.24) is 4.90 Å². The predicted molar refractivity (Wildman–Crippen MR) is 129 cm³/mol. The molecule has 1 saturated heterocycles. The summed E-state index contributed by atoms with van der Waals surface area (Å²) in [5.41, 5.74) is 3.18. The van der Waals surface area contributed by atoms with E-state index in [1.54, 1.807) is 7.11 Å². The Balaban J connectivity index is 1.41. The van der Waals surface area contributed by atoms with Crippen molar-refractivity contribution in [2.24, 2.45) is 10.1 Å². The maximum atomic E-state index is 13.8. The Hall–Kier alpha value is -3.49. The van der Waals surface area contributed by atoms with E-state index in [0.717, 1.165) is 60.6 Å². The van der Waals surface area contributed by atoms with Crippen LogP contribution < -0.4 is 9.64 Å². The number of nitrogens with zero attached hydrogens (tertiary/aromatic N) is 4. The van der Waals surface area contributed by atoms with E-state index in [1.165, 1.54) is 0 Å². The monoisotopic (exact) mass is 484 g/mol. The van der Waals surface area contributed by atoms with Crippen molar-refractivity contribution in [2.75, 3.05) is 31.6 Å². The molecule has 3 aliphatic rings. The fraction of sp³-hybridized carbons (Fsp3) is 0.385. The van der Waals surface area contributed by atoms with Crippen LogP contribution in [0.3, 0.4) is 0 Å². The summed E-state index contributed by atoms with van der Waals surface area (Å²) in [6.07, 6.45) is 5.49. The highest BCUT2D eigenvalue weighted by atomic mass is 19.2. The summed E-state index contributed by atoms with van der Waals surface area (Å²) in [7, 11) is 1.65. The Morgan fingerprint density at radius 2 is 1.91 bits per heavy atom. The number of anilines is 1. The summed E-state index contributed by atoms with van der Waals surface area (Å²) >= 11 is 0. The number of benzene rings is 2. The second-order valence-electron chi connectivity index (χ2n) is 9.05. The summed E-state index contributed by atoms with van der Waals surface area (Å²) in [5.74, 6) is -2.47. The quantitative estimate of drug-likeness (QED) is 0.553. The maximum absolute atomic E-state index is 13.8. The van der Waals surface area contributed by atoms with Gasteiger partial charge in [0.05, 0.1) is 25.2 Å². The van der Waals surface area contributed by atoms with Gasteiger partial charge in [0, 0.05) is 31.6 Å². The number of halogens is 3. The molecule has 0 bridgehead atoms. The number of ether oxygens (including phenoxy) is 1. The van der Waals surface area contributed by atoms with Gasteiger partial charge in [-0.15, -0.1) is 0 Å². The summed E-state index contributed by atoms with van der Waals surface area (Å²) in [5, 5.41) is 4.37. The molecule has 3 heterocycles. The number of piperidine rings is 1. The third-order valence-electron chi connectivity index (χ3n) is 6.54. The minimum Gasteiger partial charge on any atom is -0.495 e. The largest absolute Gasteiger partial charge is 0.495 e. The van der Waals surface area contributed by atoms with Crippen molar-refractivity contribution in [3.8, 4) is 5.75 Å². The Labute approximate surface area is 202 Å². The van der Waals surface area contributed by atoms with Crippen molar-refractivity contribution >= 4 is 23.9 Å². The number of rotatable bonds is 4. The van der Waals surface area contributed by atoms with Crippen molar-refractivity contribution in [3.63, 3.8) is 0 Å². The molecule has 0 spiro atoms. The van der Waals surface area contributed by atoms with E-state index in [1.807, 2.05) is 24.5 Å². The van der Waals surface area contributed by atoms with Gasteiger partial charge in [0.25, 0.3) is 0 Å². The van der Waals surface area contributed by atoms with Gasteiger partial charge in [-0.1, -0.05) is 11.2 Å². The molecule has 184 valence electrons. The lowest BCUT2D eigenvalue weighted by Crippen LogP contribution is -2.37. The van der Waals surface area contributed by atoms with Gasteiger partial charge in [-0.25, -0.2) is 13.2 Å². The smallest absolute Gasteiger partial charge is 0.194 e. The van der Waals surface area contributed by atoms with Gasteiger partial charge >= 0.3 is 0 Å². The zero-order chi connectivity index (χ0) is 24.5. The summed E-state index contributed by atoms with van der Waals surface area (Å²) in [6.45, 7) is 4.30. The fourth-order valence-corrected chi connectivity index (χ4v) is 4.74. The highest BCUT2D eigenvalue weighted by Crippen LogP contribution is 2.34. The average Bonchev–Trinajstić information content (AvgIpc) is 3.16. The molecule has 2 aromatic carbocycles. The first-order chi connectivity index (χ1) is 16.9. The number of hydrogen-bond donors (Lipinski definition) is 0. The van der Waals surface area contributed by atoms with Crippen molar-refractivity contribution < 1.29 is 22.7 Å². The van der Waals surface area contributed by atoms with E-state index in [2.05, 4.69) is 32.9 Å². The minimum absolute atomic E-state index is 0.233. The third-order valence-corrected chi connectivity index (χ3v) is 6.54. The van der Waals surface area contributed by atoms with Crippen molar-refractivity contribution in [3.05, 3.63) is 64.5 Å². The zero-order valence-electron chi connectivity index (χ0n) is 19.7. The number of oxime groups is 1. The Morgan fingerprint density at radius 1 is 1.11 bits per heavy atom. The van der Waals surface area contributed by atoms with Gasteiger partial charge in [-0.05, 0) is 61.2 Å². The van der Waals surface area contributed by atoms with Crippen LogP contribution >= 0.6 is 0 Å². The van der Waals surface area contributed by atoms with Crippen molar-refractivity contribution in [1.29, 1.82) is 0 Å². The lowest BCUT2D eigenvalue weighted by molar-refractivity contribution is 0.0570. The van der Waals surface area contributed by atoms with Gasteiger partial charge in [-0.2, -0.15) is 0 Å². The standard InChI is InChI=1S/C26H27F3N4O2/c1-16-14-33(15-30-16)22-6-5-17(11-24(22)34-2)10-18-4-3-8-32-9-7-23(35-31-26(18)32)19-12-20(27)25(29)21(28)13-19/h5-6,10-13,15-16,23H,3-4,7-9,14H2,1-2H3/b18-10+/t16?,23-/m0/s1. The molecule has 0 saturated carbocycles. The number of fused-ring (bicyclic) bond motifs is 1. The van der Waals surface area contributed by atoms with Crippen LogP contribution in [0.2, 0.25) is 0 Å². The molecule has 0 radical (unpaired) electrons. The molecule has 0 N–H and O–H groups in total. The van der Waals surface area contributed by atoms with E-state index in [-0.39, 0.29) is 11.6 Å². The second kappa shape index (κ2) is 9.64. The molecule has 1 unspecified atom stereocenters. The van der Waals surface area contributed by atoms with Gasteiger partial charge < -0.3 is 19.4 Å². The fourth-order valence-electron chi connectivity index (χ4n) is 4.74. The lowest BCUT2D eigenvalue weighted by atomic mass is 9.99. The SMILES string of the molecule is COc1cc(/C=C2\CCCN3CC[C@@H](c4cc(F)c(F)c(F)c4)ON=C23)ccc1N1C=NC(C)C1. The molecule has 3 aliphatic heterocycles. The third kappa shape index (κ3) is 4.72. The molecule has 1 fully saturated rings. The van der Waals surface area contributed by atoms with Crippen LogP contribution in [-0.2, 0) is 4.84 Å². The molecule has 2 atom stereocenters. The molecular formula is C26H27F3N4O2. The Morgan fingerprint density at radius 3 is 2.63 bits per heavy atom. The highest BCUT2D eigenvalue weighted by Gasteiger charge is 2.28. The van der Waals surface area contributed by atoms with Crippen molar-refractivity contribution in [2.45, 2.75) is 38.3 Å². The van der Waals surface area contributed by atoms with E-state index in [9.17, 15) is 13.2 Å². The molecule has 0 amide bonds. The van der Waals surface area contributed by atoms with Crippen LogP contribution in [0.15, 0.2) is 46.1 Å². The first-order valence-corrected chi connectivity index (χ1v) is 11.7. The van der Waals surface area contributed by atoms with E-state index in [0.29, 0.717) is 18.8 Å². The number of methoxy groups -OCH3 is 1. The van der Waals surface area contributed by atoms with Crippen LogP contribution in [-0.4, -0.2) is 49.9 Å². The first kappa shape index (κ1) is 23.3.